The molecule has 0 bridgehead atoms. The second kappa shape index (κ2) is 7.02. The van der Waals surface area contributed by atoms with Crippen molar-refractivity contribution in [2.45, 2.75) is 32.6 Å². The summed E-state index contributed by atoms with van der Waals surface area (Å²) in [6.07, 6.45) is 12.5. The Morgan fingerprint density at radius 2 is 1.64 bits per heavy atom. The van der Waals surface area contributed by atoms with E-state index < -0.39 is 0 Å². The summed E-state index contributed by atoms with van der Waals surface area (Å²) in [4.78, 5) is 7.60. The fourth-order valence-corrected chi connectivity index (χ4v) is 3.75. The van der Waals surface area contributed by atoms with Crippen molar-refractivity contribution in [1.29, 1.82) is 0 Å². The van der Waals surface area contributed by atoms with Gasteiger partial charge in [0.1, 0.15) is 6.33 Å². The number of hydrogen-bond donors (Lipinski definition) is 0. The van der Waals surface area contributed by atoms with Crippen LogP contribution >= 0.6 is 0 Å². The summed E-state index contributed by atoms with van der Waals surface area (Å²) >= 11 is 0. The lowest BCUT2D eigenvalue weighted by Gasteiger charge is -2.25. The Balaban J connectivity index is 0.000000190. The van der Waals surface area contributed by atoms with Gasteiger partial charge in [-0.3, -0.25) is 0 Å². The minimum Gasteiger partial charge on any atom is -0.245 e. The fraction of sp³-hybridized carbons (Fsp3) is 0.217. The van der Waals surface area contributed by atoms with Gasteiger partial charge in [0.2, 0.25) is 0 Å². The number of aromatic nitrogens is 2. The average Bonchev–Trinajstić information content (AvgIpc) is 2.68. The molecule has 1 heterocycles. The van der Waals surface area contributed by atoms with Gasteiger partial charge in [-0.2, -0.15) is 0 Å². The summed E-state index contributed by atoms with van der Waals surface area (Å²) in [6, 6.07) is 15.4. The van der Waals surface area contributed by atoms with Crippen molar-refractivity contribution in [3.8, 4) is 11.1 Å². The average molecular weight is 326 g/mol. The molecule has 0 saturated heterocycles. The van der Waals surface area contributed by atoms with E-state index in [-0.39, 0.29) is 0 Å². The van der Waals surface area contributed by atoms with Gasteiger partial charge in [0.15, 0.2) is 0 Å². The molecular formula is C23H22N2. The molecule has 5 rings (SSSR count). The van der Waals surface area contributed by atoms with Gasteiger partial charge in [-0.1, -0.05) is 48.6 Å². The Bertz CT molecular complexity index is 911. The Hall–Kier alpha value is -2.74. The molecule has 2 aromatic carbocycles. The number of nitrogens with zero attached hydrogens (tertiary/aromatic N) is 2. The Kier molecular flexibility index (Phi) is 4.43. The largest absolute Gasteiger partial charge is 0.245 e. The Morgan fingerprint density at radius 3 is 2.44 bits per heavy atom. The van der Waals surface area contributed by atoms with Gasteiger partial charge >= 0.3 is 0 Å². The molecule has 25 heavy (non-hydrogen) atoms. The molecule has 0 atom stereocenters. The smallest absolute Gasteiger partial charge is 0.115 e. The molecule has 2 heteroatoms. The topological polar surface area (TPSA) is 25.8 Å². The van der Waals surface area contributed by atoms with Crippen molar-refractivity contribution in [3.05, 3.63) is 95.1 Å². The van der Waals surface area contributed by atoms with Crippen molar-refractivity contribution in [3.63, 3.8) is 0 Å². The molecule has 2 aliphatic rings. The maximum Gasteiger partial charge on any atom is 0.115 e. The Labute approximate surface area is 149 Å². The molecule has 0 amide bonds. The van der Waals surface area contributed by atoms with Crippen LogP contribution in [-0.4, -0.2) is 9.97 Å². The predicted molar refractivity (Wildman–Crippen MR) is 103 cm³/mol. The molecular weight excluding hydrogens is 304 g/mol. The third-order valence-electron chi connectivity index (χ3n) is 5.04. The number of benzene rings is 2. The van der Waals surface area contributed by atoms with E-state index in [2.05, 4.69) is 58.5 Å². The van der Waals surface area contributed by atoms with Crippen LogP contribution in [0.2, 0.25) is 0 Å². The molecule has 0 saturated carbocycles. The van der Waals surface area contributed by atoms with Gasteiger partial charge in [0.05, 0.1) is 0 Å². The van der Waals surface area contributed by atoms with Crippen molar-refractivity contribution in [2.75, 3.05) is 0 Å². The summed E-state index contributed by atoms with van der Waals surface area (Å²) in [5.41, 5.74) is 10.2. The summed E-state index contributed by atoms with van der Waals surface area (Å²) < 4.78 is 0. The normalized spacial score (nSPS) is 13.8. The highest BCUT2D eigenvalue weighted by Gasteiger charge is 2.20. The summed E-state index contributed by atoms with van der Waals surface area (Å²) in [5, 5.41) is 0. The zero-order valence-corrected chi connectivity index (χ0v) is 14.6. The highest BCUT2D eigenvalue weighted by Crippen LogP contribution is 2.37. The third kappa shape index (κ3) is 3.25. The number of fused-ring (bicyclic) bond motifs is 5. The van der Waals surface area contributed by atoms with Crippen LogP contribution in [0.15, 0.2) is 67.1 Å². The van der Waals surface area contributed by atoms with Gasteiger partial charge in [0.25, 0.3) is 0 Å². The number of rotatable bonds is 0. The van der Waals surface area contributed by atoms with Crippen LogP contribution in [0.3, 0.4) is 0 Å². The van der Waals surface area contributed by atoms with E-state index in [1.165, 1.54) is 41.4 Å². The minimum atomic E-state index is 1.01. The first-order valence-electron chi connectivity index (χ1n) is 8.92. The van der Waals surface area contributed by atoms with Crippen molar-refractivity contribution >= 4 is 0 Å². The monoisotopic (exact) mass is 326 g/mol. The van der Waals surface area contributed by atoms with Gasteiger partial charge in [-0.15, -0.1) is 0 Å². The van der Waals surface area contributed by atoms with Gasteiger partial charge in [-0.25, -0.2) is 9.97 Å². The molecule has 0 N–H and O–H groups in total. The van der Waals surface area contributed by atoms with Crippen molar-refractivity contribution in [2.24, 2.45) is 0 Å². The molecule has 124 valence electrons. The van der Waals surface area contributed by atoms with Gasteiger partial charge in [-0.05, 0) is 72.1 Å². The molecule has 0 aliphatic heterocycles. The van der Waals surface area contributed by atoms with E-state index in [1.54, 1.807) is 17.3 Å². The van der Waals surface area contributed by atoms with E-state index in [1.807, 2.05) is 13.0 Å². The fourth-order valence-electron chi connectivity index (χ4n) is 3.75. The maximum absolute atomic E-state index is 3.87. The molecule has 0 fully saturated rings. The first kappa shape index (κ1) is 15.8. The lowest BCUT2D eigenvalue weighted by atomic mass is 9.79. The van der Waals surface area contributed by atoms with Crippen LogP contribution < -0.4 is 0 Å². The second-order valence-electron chi connectivity index (χ2n) is 6.62. The summed E-state index contributed by atoms with van der Waals surface area (Å²) in [5.74, 6) is 0. The molecule has 2 nitrogen and oxygen atoms in total. The summed E-state index contributed by atoms with van der Waals surface area (Å²) in [7, 11) is 0. The number of allylic oxidation sites excluding steroid dienone is 2. The zero-order chi connectivity index (χ0) is 17.1. The van der Waals surface area contributed by atoms with Crippen LogP contribution in [0.1, 0.15) is 27.9 Å². The summed E-state index contributed by atoms with van der Waals surface area (Å²) in [6.45, 7) is 1.93. The van der Waals surface area contributed by atoms with E-state index in [4.69, 9.17) is 0 Å². The van der Waals surface area contributed by atoms with Crippen molar-refractivity contribution in [1.82, 2.24) is 9.97 Å². The van der Waals surface area contributed by atoms with E-state index >= 15 is 0 Å². The molecule has 0 unspecified atom stereocenters. The van der Waals surface area contributed by atoms with Crippen molar-refractivity contribution < 1.29 is 0 Å². The van der Waals surface area contributed by atoms with Gasteiger partial charge < -0.3 is 0 Å². The molecule has 1 aromatic heterocycles. The second-order valence-corrected chi connectivity index (χ2v) is 6.62. The molecule has 2 aliphatic carbocycles. The zero-order valence-electron chi connectivity index (χ0n) is 14.6. The first-order valence-corrected chi connectivity index (χ1v) is 8.92. The van der Waals surface area contributed by atoms with Crippen LogP contribution in [0.5, 0.6) is 0 Å². The van der Waals surface area contributed by atoms with E-state index in [9.17, 15) is 0 Å². The highest BCUT2D eigenvalue weighted by molar-refractivity contribution is 5.75. The minimum absolute atomic E-state index is 1.01. The van der Waals surface area contributed by atoms with E-state index in [0.717, 1.165) is 18.5 Å². The SMILES string of the molecule is C1=CCc2c(ccc3c2CCc2ccccc2-3)C1.Cc1ccncn1. The van der Waals surface area contributed by atoms with Crippen LogP contribution in [-0.2, 0) is 25.7 Å². The molecule has 0 radical (unpaired) electrons. The Morgan fingerprint density at radius 1 is 0.760 bits per heavy atom. The molecule has 3 aromatic rings. The maximum atomic E-state index is 3.87. The van der Waals surface area contributed by atoms with Crippen LogP contribution in [0, 0.1) is 6.92 Å². The lowest BCUT2D eigenvalue weighted by Crippen LogP contribution is -2.10. The standard InChI is InChI=1S/C18H16.C5H6N2/c1-3-7-15-13(5-1)9-11-18-16-8-4-2-6-14(16)10-12-17(15)18;1-5-2-3-6-4-7-5/h1-5,7,10,12H,6,8-9,11H2;2-4H,1H3. The predicted octanol–water partition coefficient (Wildman–Crippen LogP) is 4.89. The van der Waals surface area contributed by atoms with Gasteiger partial charge in [0, 0.05) is 11.9 Å². The number of aryl methyl sites for hydroxylation is 2. The third-order valence-corrected chi connectivity index (χ3v) is 5.04. The highest BCUT2D eigenvalue weighted by atomic mass is 14.8. The first-order chi connectivity index (χ1) is 12.3. The van der Waals surface area contributed by atoms with E-state index in [0.29, 0.717) is 0 Å². The number of hydrogen-bond acceptors (Lipinski definition) is 2. The van der Waals surface area contributed by atoms with Crippen LogP contribution in [0.25, 0.3) is 11.1 Å². The lowest BCUT2D eigenvalue weighted by molar-refractivity contribution is 0.908. The van der Waals surface area contributed by atoms with Crippen LogP contribution in [0.4, 0.5) is 0 Å². The molecule has 0 spiro atoms. The quantitative estimate of drug-likeness (QED) is 0.550.